The van der Waals surface area contributed by atoms with Crippen LogP contribution in [0.4, 0.5) is 0 Å². The Morgan fingerprint density at radius 3 is 2.52 bits per heavy atom. The first-order valence-corrected chi connectivity index (χ1v) is 11.4. The number of sulfonamides is 1. The van der Waals surface area contributed by atoms with E-state index in [1.807, 2.05) is 18.2 Å². The summed E-state index contributed by atoms with van der Waals surface area (Å²) in [6, 6.07) is 5.87. The van der Waals surface area contributed by atoms with E-state index in [2.05, 4.69) is 5.32 Å². The molecule has 0 radical (unpaired) electrons. The van der Waals surface area contributed by atoms with Gasteiger partial charge in [0.25, 0.3) is 0 Å². The number of aryl methyl sites for hydroxylation is 2. The number of rotatable bonds is 7. The van der Waals surface area contributed by atoms with Crippen LogP contribution in [-0.2, 0) is 27.7 Å². The summed E-state index contributed by atoms with van der Waals surface area (Å²) < 4.78 is 25.2. The van der Waals surface area contributed by atoms with Gasteiger partial charge in [0.15, 0.2) is 5.78 Å². The predicted molar refractivity (Wildman–Crippen MR) is 104 cm³/mol. The van der Waals surface area contributed by atoms with Gasteiger partial charge in [-0.25, -0.2) is 12.7 Å². The molecule has 7 heteroatoms. The molecule has 0 atom stereocenters. The first kappa shape index (κ1) is 20.0. The summed E-state index contributed by atoms with van der Waals surface area (Å²) in [5.74, 6) is -0.0283. The number of ketones is 1. The van der Waals surface area contributed by atoms with Crippen molar-refractivity contribution in [1.82, 2.24) is 9.62 Å². The lowest BCUT2D eigenvalue weighted by molar-refractivity contribution is -0.122. The van der Waals surface area contributed by atoms with E-state index in [0.29, 0.717) is 31.5 Å². The second-order valence-electron chi connectivity index (χ2n) is 7.40. The van der Waals surface area contributed by atoms with Crippen molar-refractivity contribution in [2.75, 3.05) is 18.8 Å². The van der Waals surface area contributed by atoms with Crippen molar-refractivity contribution >= 4 is 21.7 Å². The number of hydrogen-bond acceptors (Lipinski definition) is 4. The topological polar surface area (TPSA) is 83.6 Å². The number of amides is 1. The summed E-state index contributed by atoms with van der Waals surface area (Å²) in [6.45, 7) is 2.52. The van der Waals surface area contributed by atoms with Crippen LogP contribution in [0, 0.1) is 0 Å². The maximum Gasteiger partial charge on any atom is 0.220 e. The number of nitrogens with one attached hydrogen (secondary N) is 1. The average molecular weight is 393 g/mol. The minimum atomic E-state index is -3.15. The Bertz CT molecular complexity index is 811. The largest absolute Gasteiger partial charge is 0.353 e. The second kappa shape index (κ2) is 8.52. The van der Waals surface area contributed by atoms with Gasteiger partial charge in [0.1, 0.15) is 0 Å². The lowest BCUT2D eigenvalue weighted by Gasteiger charge is -2.31. The van der Waals surface area contributed by atoms with Crippen LogP contribution in [0.5, 0.6) is 0 Å². The fraction of sp³-hybridized carbons (Fsp3) is 0.600. The minimum absolute atomic E-state index is 0.00343. The van der Waals surface area contributed by atoms with Gasteiger partial charge in [-0.05, 0) is 56.2 Å². The second-order valence-corrected chi connectivity index (χ2v) is 9.66. The van der Waals surface area contributed by atoms with E-state index in [0.717, 1.165) is 19.3 Å². The van der Waals surface area contributed by atoms with Crippen molar-refractivity contribution in [3.8, 4) is 0 Å². The molecule has 0 bridgehead atoms. The molecule has 1 aliphatic heterocycles. The lowest BCUT2D eigenvalue weighted by atomic mass is 10.0. The molecule has 0 saturated carbocycles. The fourth-order valence-corrected chi connectivity index (χ4v) is 5.01. The van der Waals surface area contributed by atoms with Crippen LogP contribution in [-0.4, -0.2) is 49.3 Å². The van der Waals surface area contributed by atoms with Gasteiger partial charge in [-0.15, -0.1) is 0 Å². The Hall–Kier alpha value is -1.73. The number of fused-ring (bicyclic) bond motifs is 1. The van der Waals surface area contributed by atoms with Crippen LogP contribution < -0.4 is 5.32 Å². The van der Waals surface area contributed by atoms with Crippen molar-refractivity contribution in [3.05, 3.63) is 34.9 Å². The van der Waals surface area contributed by atoms with Crippen molar-refractivity contribution < 1.29 is 18.0 Å². The first-order chi connectivity index (χ1) is 12.9. The van der Waals surface area contributed by atoms with Crippen LogP contribution >= 0.6 is 0 Å². The standard InChI is InChI=1S/C20H28N2O4S/c1-2-27(25,26)22-12-10-18(11-13-22)21-20(24)9-8-19(23)17-7-6-15-4-3-5-16(15)14-17/h6-7,14,18H,2-5,8-13H2,1H3,(H,21,24). The molecule has 2 aliphatic rings. The molecule has 1 saturated heterocycles. The number of hydrogen-bond donors (Lipinski definition) is 1. The van der Waals surface area contributed by atoms with Crippen molar-refractivity contribution in [1.29, 1.82) is 0 Å². The van der Waals surface area contributed by atoms with E-state index in [9.17, 15) is 18.0 Å². The van der Waals surface area contributed by atoms with Crippen molar-refractivity contribution in [2.24, 2.45) is 0 Å². The SMILES string of the molecule is CCS(=O)(=O)N1CCC(NC(=O)CCC(=O)c2ccc3c(c2)CCC3)CC1. The molecular formula is C20H28N2O4S. The predicted octanol–water partition coefficient (Wildman–Crippen LogP) is 2.07. The summed E-state index contributed by atoms with van der Waals surface area (Å²) in [6.07, 6.45) is 4.87. The molecule has 1 fully saturated rings. The van der Waals surface area contributed by atoms with Crippen LogP contribution in [0.3, 0.4) is 0 Å². The molecule has 1 aromatic carbocycles. The zero-order chi connectivity index (χ0) is 19.4. The highest BCUT2D eigenvalue weighted by Gasteiger charge is 2.27. The quantitative estimate of drug-likeness (QED) is 0.720. The normalized spacial score (nSPS) is 18.3. The molecule has 0 spiro atoms. The van der Waals surface area contributed by atoms with Crippen LogP contribution in [0.15, 0.2) is 18.2 Å². The van der Waals surface area contributed by atoms with Gasteiger partial charge in [0.05, 0.1) is 5.75 Å². The molecule has 27 heavy (non-hydrogen) atoms. The van der Waals surface area contributed by atoms with E-state index >= 15 is 0 Å². The molecule has 1 heterocycles. The van der Waals surface area contributed by atoms with E-state index < -0.39 is 10.0 Å². The number of carbonyl (C=O) groups is 2. The summed E-state index contributed by atoms with van der Waals surface area (Å²) in [4.78, 5) is 24.5. The van der Waals surface area contributed by atoms with E-state index in [1.54, 1.807) is 6.92 Å². The van der Waals surface area contributed by atoms with Gasteiger partial charge in [0, 0.05) is 37.5 Å². The highest BCUT2D eigenvalue weighted by molar-refractivity contribution is 7.89. The molecular weight excluding hydrogens is 364 g/mol. The van der Waals surface area contributed by atoms with E-state index in [1.165, 1.54) is 15.4 Å². The molecule has 1 N–H and O–H groups in total. The summed E-state index contributed by atoms with van der Waals surface area (Å²) in [7, 11) is -3.15. The van der Waals surface area contributed by atoms with Gasteiger partial charge in [-0.2, -0.15) is 0 Å². The highest BCUT2D eigenvalue weighted by atomic mass is 32.2. The van der Waals surface area contributed by atoms with E-state index in [-0.39, 0.29) is 36.3 Å². The van der Waals surface area contributed by atoms with Crippen molar-refractivity contribution in [3.63, 3.8) is 0 Å². The number of nitrogens with zero attached hydrogens (tertiary/aromatic N) is 1. The number of benzene rings is 1. The maximum atomic E-state index is 12.4. The first-order valence-electron chi connectivity index (χ1n) is 9.81. The summed E-state index contributed by atoms with van der Waals surface area (Å²) in [5, 5.41) is 2.94. The van der Waals surface area contributed by atoms with Crippen LogP contribution in [0.25, 0.3) is 0 Å². The zero-order valence-electron chi connectivity index (χ0n) is 15.9. The lowest BCUT2D eigenvalue weighted by Crippen LogP contribution is -2.46. The third-order valence-electron chi connectivity index (χ3n) is 5.58. The Labute approximate surface area is 161 Å². The number of Topliss-reactive ketones (excluding diaryl/α,β-unsaturated/α-hetero) is 1. The molecule has 1 aliphatic carbocycles. The van der Waals surface area contributed by atoms with Gasteiger partial charge in [-0.1, -0.05) is 12.1 Å². The fourth-order valence-electron chi connectivity index (χ4n) is 3.88. The Balaban J connectivity index is 1.43. The monoisotopic (exact) mass is 392 g/mol. The van der Waals surface area contributed by atoms with Gasteiger partial charge in [-0.3, -0.25) is 9.59 Å². The third-order valence-corrected chi connectivity index (χ3v) is 7.46. The molecule has 0 aromatic heterocycles. The van der Waals surface area contributed by atoms with Gasteiger partial charge >= 0.3 is 0 Å². The summed E-state index contributed by atoms with van der Waals surface area (Å²) >= 11 is 0. The Morgan fingerprint density at radius 2 is 1.81 bits per heavy atom. The molecule has 1 amide bonds. The smallest absolute Gasteiger partial charge is 0.220 e. The highest BCUT2D eigenvalue weighted by Crippen LogP contribution is 2.23. The van der Waals surface area contributed by atoms with Gasteiger partial charge in [0.2, 0.25) is 15.9 Å². The van der Waals surface area contributed by atoms with Crippen LogP contribution in [0.1, 0.15) is 60.5 Å². The number of carbonyl (C=O) groups excluding carboxylic acids is 2. The van der Waals surface area contributed by atoms with Crippen LogP contribution in [0.2, 0.25) is 0 Å². The van der Waals surface area contributed by atoms with Crippen molar-refractivity contribution in [2.45, 2.75) is 57.9 Å². The van der Waals surface area contributed by atoms with E-state index in [4.69, 9.17) is 0 Å². The number of piperidine rings is 1. The molecule has 0 unspecified atom stereocenters. The molecule has 148 valence electrons. The Morgan fingerprint density at radius 1 is 1.11 bits per heavy atom. The summed E-state index contributed by atoms with van der Waals surface area (Å²) in [5.41, 5.74) is 3.29. The molecule has 1 aromatic rings. The maximum absolute atomic E-state index is 12.4. The van der Waals surface area contributed by atoms with Gasteiger partial charge < -0.3 is 5.32 Å². The average Bonchev–Trinajstić information content (AvgIpc) is 3.14. The third kappa shape index (κ3) is 4.96. The molecule has 6 nitrogen and oxygen atoms in total. The Kier molecular flexibility index (Phi) is 6.32. The molecule has 3 rings (SSSR count). The zero-order valence-corrected chi connectivity index (χ0v) is 16.7. The minimum Gasteiger partial charge on any atom is -0.353 e.